The molecule has 0 spiro atoms. The van der Waals surface area contributed by atoms with Gasteiger partial charge in [-0.05, 0) is 0 Å². The summed E-state index contributed by atoms with van der Waals surface area (Å²) in [5.41, 5.74) is 0. The Morgan fingerprint density at radius 1 is 0.923 bits per heavy atom. The van der Waals surface area contributed by atoms with E-state index in [1.807, 2.05) is 0 Å². The van der Waals surface area contributed by atoms with Gasteiger partial charge in [0.05, 0.1) is 0 Å². The average Bonchev–Trinajstić information content (AvgIpc) is 1.47. The third kappa shape index (κ3) is 33.0. The van der Waals surface area contributed by atoms with Crippen LogP contribution in [0.25, 0.3) is 0 Å². The summed E-state index contributed by atoms with van der Waals surface area (Å²) in [7, 11) is 0. The van der Waals surface area contributed by atoms with Crippen LogP contribution >= 0.6 is 0 Å². The fraction of sp³-hybridized carbons (Fsp3) is 0. The molecule has 13 heavy (non-hydrogen) atoms. The molecule has 0 amide bonds. The maximum atomic E-state index is 9.53. The molecule has 0 aliphatic rings. The summed E-state index contributed by atoms with van der Waals surface area (Å²) in [6.45, 7) is 0. The minimum atomic E-state index is -5.76. The Balaban J connectivity index is 0. The SMILES string of the molecule is O=S(O)O.[O]=[Cr](=[O])([OH])[O][Cr](=[O])(=[O])[OH]. The topological polar surface area (TPSA) is 175 Å². The Labute approximate surface area is 78.4 Å². The van der Waals surface area contributed by atoms with Crippen molar-refractivity contribution in [2.24, 2.45) is 0 Å². The van der Waals surface area contributed by atoms with Crippen molar-refractivity contribution < 1.29 is 66.9 Å². The minimum absolute atomic E-state index is 2.61. The number of hydrogen-bond acceptors (Lipinski definition) is 6. The second kappa shape index (κ2) is 5.84. The molecule has 82 valence electrons. The van der Waals surface area contributed by atoms with Crippen LogP contribution in [0.1, 0.15) is 0 Å². The Morgan fingerprint density at radius 3 is 1.08 bits per heavy atom. The average molecular weight is 300 g/mol. The molecular weight excluding hydrogens is 296 g/mol. The molecule has 0 aromatic carbocycles. The summed E-state index contributed by atoms with van der Waals surface area (Å²) < 4.78 is 79.1. The van der Waals surface area contributed by atoms with E-state index in [1.165, 1.54) is 0 Å². The summed E-state index contributed by atoms with van der Waals surface area (Å²) in [5.74, 6) is 0. The van der Waals surface area contributed by atoms with Crippen LogP contribution in [0.4, 0.5) is 0 Å². The van der Waals surface area contributed by atoms with Gasteiger partial charge >= 0.3 is 53.6 Å². The standard InChI is InChI=1S/2Cr.H2O3S.2H2O.5O/c;;1-4(2)3;;;;;;;/h;;(H2,1,2,3);2*1H2;;;;;/q2*+1;;;;;;;;/p-2. The van der Waals surface area contributed by atoms with E-state index in [0.29, 0.717) is 0 Å². The number of rotatable bonds is 2. The summed E-state index contributed by atoms with van der Waals surface area (Å²) >= 11 is -14.1. The van der Waals surface area contributed by atoms with Crippen LogP contribution in [0.5, 0.6) is 0 Å². The van der Waals surface area contributed by atoms with Crippen molar-refractivity contribution in [1.29, 1.82) is 0 Å². The quantitative estimate of drug-likeness (QED) is 0.418. The first-order valence-electron chi connectivity index (χ1n) is 1.90. The second-order valence-corrected chi connectivity index (χ2v) is 5.38. The first-order valence-corrected chi connectivity index (χ1v) is 7.22. The van der Waals surface area contributed by atoms with E-state index in [2.05, 4.69) is 2.84 Å². The Hall–Kier alpha value is 0.215. The van der Waals surface area contributed by atoms with E-state index >= 15 is 0 Å². The zero-order chi connectivity index (χ0) is 11.3. The molecule has 0 bridgehead atoms. The first-order chi connectivity index (χ1) is 5.44. The summed E-state index contributed by atoms with van der Waals surface area (Å²) in [6, 6.07) is 0. The van der Waals surface area contributed by atoms with E-state index in [4.69, 9.17) is 21.6 Å². The molecular formula is H4Cr2O10S. The predicted octanol–water partition coefficient (Wildman–Crippen LogP) is -1.98. The molecule has 0 saturated heterocycles. The zero-order valence-corrected chi connectivity index (χ0v) is 8.83. The van der Waals surface area contributed by atoms with E-state index in [-0.39, 0.29) is 0 Å². The fourth-order valence-corrected chi connectivity index (χ4v) is 1.85. The Morgan fingerprint density at radius 2 is 1.08 bits per heavy atom. The summed E-state index contributed by atoms with van der Waals surface area (Å²) in [4.78, 5) is 0. The van der Waals surface area contributed by atoms with Gasteiger partial charge in [0, 0.05) is 0 Å². The van der Waals surface area contributed by atoms with Crippen LogP contribution in [0.15, 0.2) is 0 Å². The van der Waals surface area contributed by atoms with E-state index in [9.17, 15) is 15.2 Å². The molecule has 0 aromatic heterocycles. The van der Waals surface area contributed by atoms with Crippen molar-refractivity contribution >= 4 is 11.4 Å². The molecule has 0 atom stereocenters. The fourth-order valence-electron chi connectivity index (χ4n) is 0.109. The molecule has 0 heterocycles. The van der Waals surface area contributed by atoms with Crippen LogP contribution < -0.4 is 0 Å². The molecule has 0 rings (SSSR count). The van der Waals surface area contributed by atoms with Gasteiger partial charge in [0.1, 0.15) is 0 Å². The molecule has 0 radical (unpaired) electrons. The van der Waals surface area contributed by atoms with Crippen LogP contribution in [-0.2, 0) is 56.6 Å². The second-order valence-electron chi connectivity index (χ2n) is 1.15. The monoisotopic (exact) mass is 300 g/mol. The number of hydrogen-bond donors (Lipinski definition) is 4. The predicted molar refractivity (Wildman–Crippen MR) is 21.7 cm³/mol. The van der Waals surface area contributed by atoms with Crippen molar-refractivity contribution in [1.82, 2.24) is 0 Å². The van der Waals surface area contributed by atoms with Gasteiger partial charge in [0.15, 0.2) is 0 Å². The molecule has 0 aromatic rings. The van der Waals surface area contributed by atoms with Crippen LogP contribution in [-0.4, -0.2) is 21.6 Å². The van der Waals surface area contributed by atoms with E-state index < -0.39 is 38.6 Å². The Kier molecular flexibility index (Phi) is 7.05. The van der Waals surface area contributed by atoms with Crippen LogP contribution in [0, 0.1) is 0 Å². The van der Waals surface area contributed by atoms with Crippen LogP contribution in [0.3, 0.4) is 0 Å². The van der Waals surface area contributed by atoms with Gasteiger partial charge in [0.25, 0.3) is 11.4 Å². The first kappa shape index (κ1) is 15.7. The van der Waals surface area contributed by atoms with Crippen molar-refractivity contribution in [2.45, 2.75) is 0 Å². The molecule has 0 aliphatic carbocycles. The maximum absolute atomic E-state index is 9.53. The van der Waals surface area contributed by atoms with Crippen molar-refractivity contribution in [2.75, 3.05) is 0 Å². The van der Waals surface area contributed by atoms with Gasteiger partial charge in [0.2, 0.25) is 0 Å². The molecule has 0 aliphatic heterocycles. The van der Waals surface area contributed by atoms with Gasteiger partial charge in [-0.25, -0.2) is 0 Å². The summed E-state index contributed by atoms with van der Waals surface area (Å²) in [6.07, 6.45) is 0. The molecule has 0 saturated carbocycles. The molecule has 0 fully saturated rings. The molecule has 4 N–H and O–H groups in total. The van der Waals surface area contributed by atoms with Gasteiger partial charge in [-0.2, -0.15) is 4.21 Å². The zero-order valence-electron chi connectivity index (χ0n) is 5.46. The molecule has 0 unspecified atom stereocenters. The van der Waals surface area contributed by atoms with Gasteiger partial charge in [-0.15, -0.1) is 0 Å². The van der Waals surface area contributed by atoms with Crippen molar-refractivity contribution in [3.05, 3.63) is 0 Å². The summed E-state index contributed by atoms with van der Waals surface area (Å²) in [5, 5.41) is 0. The van der Waals surface area contributed by atoms with E-state index in [1.54, 1.807) is 0 Å². The third-order valence-corrected chi connectivity index (χ3v) is 2.92. The third-order valence-electron chi connectivity index (χ3n) is 0.172. The molecule has 13 heteroatoms. The van der Waals surface area contributed by atoms with Crippen LogP contribution in [0.2, 0.25) is 0 Å². The molecule has 10 nitrogen and oxygen atoms in total. The van der Waals surface area contributed by atoms with Crippen molar-refractivity contribution in [3.8, 4) is 0 Å². The van der Waals surface area contributed by atoms with Crippen molar-refractivity contribution in [3.63, 3.8) is 0 Å². The van der Waals surface area contributed by atoms with E-state index in [0.717, 1.165) is 0 Å². The Bertz CT molecular complexity index is 308. The normalized spacial score (nSPS) is 12.1. The van der Waals surface area contributed by atoms with Gasteiger partial charge in [-0.1, -0.05) is 0 Å². The van der Waals surface area contributed by atoms with Gasteiger partial charge < -0.3 is 0 Å². The van der Waals surface area contributed by atoms with Gasteiger partial charge in [-0.3, -0.25) is 9.11 Å².